The number of benzene rings is 1. The number of carbonyl (C=O) groups is 1. The van der Waals surface area contributed by atoms with Crippen molar-refractivity contribution >= 4 is 6.29 Å². The molecular weight excluding hydrogens is 192 g/mol. The minimum atomic E-state index is -0.133. The summed E-state index contributed by atoms with van der Waals surface area (Å²) in [6.07, 6.45) is 1.09. The molecule has 0 aromatic heterocycles. The zero-order valence-corrected chi connectivity index (χ0v) is 8.89. The summed E-state index contributed by atoms with van der Waals surface area (Å²) >= 11 is 0. The van der Waals surface area contributed by atoms with Crippen LogP contribution in [-0.4, -0.2) is 26.1 Å². The van der Waals surface area contributed by atoms with Gasteiger partial charge in [-0.2, -0.15) is 0 Å². The smallest absolute Gasteiger partial charge is 0.122 e. The van der Waals surface area contributed by atoms with E-state index in [1.807, 2.05) is 30.3 Å². The molecule has 0 amide bonds. The van der Waals surface area contributed by atoms with Gasteiger partial charge in [0.1, 0.15) is 6.29 Å². The van der Waals surface area contributed by atoms with E-state index in [1.165, 1.54) is 0 Å². The lowest BCUT2D eigenvalue weighted by Crippen LogP contribution is -2.18. The number of hydrogen-bond acceptors (Lipinski definition) is 3. The Morgan fingerprint density at radius 2 is 2.07 bits per heavy atom. The first-order chi connectivity index (χ1) is 7.36. The summed E-state index contributed by atoms with van der Waals surface area (Å²) in [7, 11) is 1.58. The first-order valence-electron chi connectivity index (χ1n) is 4.95. The molecule has 0 aliphatic carbocycles. The largest absolute Gasteiger partial charge is 0.379 e. The van der Waals surface area contributed by atoms with Gasteiger partial charge in [-0.15, -0.1) is 0 Å². The van der Waals surface area contributed by atoms with Gasteiger partial charge in [-0.25, -0.2) is 0 Å². The van der Waals surface area contributed by atoms with Crippen molar-refractivity contribution in [1.82, 2.24) is 0 Å². The summed E-state index contributed by atoms with van der Waals surface area (Å²) in [6.45, 7) is 1.00. The van der Waals surface area contributed by atoms with E-state index in [0.29, 0.717) is 19.6 Å². The van der Waals surface area contributed by atoms with E-state index in [9.17, 15) is 4.79 Å². The lowest BCUT2D eigenvalue weighted by Gasteiger charge is -2.12. The summed E-state index contributed by atoms with van der Waals surface area (Å²) in [5, 5.41) is 0. The molecule has 0 saturated carbocycles. The highest BCUT2D eigenvalue weighted by molar-refractivity contribution is 5.50. The minimum absolute atomic E-state index is 0.133. The van der Waals surface area contributed by atoms with Crippen molar-refractivity contribution in [1.29, 1.82) is 0 Å². The van der Waals surface area contributed by atoms with Crippen molar-refractivity contribution in [3.8, 4) is 0 Å². The van der Waals surface area contributed by atoms with Crippen molar-refractivity contribution < 1.29 is 14.3 Å². The third kappa shape index (κ3) is 4.72. The van der Waals surface area contributed by atoms with Crippen molar-refractivity contribution in [2.24, 2.45) is 0 Å². The fourth-order valence-corrected chi connectivity index (χ4v) is 1.22. The van der Waals surface area contributed by atoms with Crippen LogP contribution in [0.4, 0.5) is 0 Å². The first kappa shape index (κ1) is 11.9. The summed E-state index contributed by atoms with van der Waals surface area (Å²) in [5.74, 6) is 0. The molecule has 0 aliphatic heterocycles. The van der Waals surface area contributed by atoms with Crippen LogP contribution in [0, 0.1) is 0 Å². The highest BCUT2D eigenvalue weighted by Gasteiger charge is 2.06. The van der Waals surface area contributed by atoms with Crippen LogP contribution in [0.1, 0.15) is 12.0 Å². The first-order valence-corrected chi connectivity index (χ1v) is 4.95. The molecule has 0 radical (unpaired) electrons. The predicted octanol–water partition coefficient (Wildman–Crippen LogP) is 1.81. The van der Waals surface area contributed by atoms with Gasteiger partial charge in [0.05, 0.1) is 19.3 Å². The van der Waals surface area contributed by atoms with Crippen LogP contribution in [0.5, 0.6) is 0 Å². The standard InChI is InChI=1S/C12H16O3/c1-14-12(7-8-13)10-15-9-11-5-3-2-4-6-11/h2-6,8,12H,7,9-10H2,1H3. The fourth-order valence-electron chi connectivity index (χ4n) is 1.22. The van der Waals surface area contributed by atoms with Crippen molar-refractivity contribution in [3.63, 3.8) is 0 Å². The molecule has 82 valence electrons. The SMILES string of the molecule is COC(CC=O)COCc1ccccc1. The normalized spacial score (nSPS) is 12.3. The maximum absolute atomic E-state index is 10.3. The van der Waals surface area contributed by atoms with E-state index in [1.54, 1.807) is 7.11 Å². The molecule has 15 heavy (non-hydrogen) atoms. The van der Waals surface area contributed by atoms with E-state index in [2.05, 4.69) is 0 Å². The van der Waals surface area contributed by atoms with Crippen LogP contribution in [0.15, 0.2) is 30.3 Å². The topological polar surface area (TPSA) is 35.5 Å². The number of ether oxygens (including phenoxy) is 2. The van der Waals surface area contributed by atoms with Crippen LogP contribution < -0.4 is 0 Å². The van der Waals surface area contributed by atoms with Gasteiger partial charge in [-0.3, -0.25) is 0 Å². The third-order valence-corrected chi connectivity index (χ3v) is 2.11. The Kier molecular flexibility index (Phi) is 5.66. The molecule has 0 spiro atoms. The number of hydrogen-bond donors (Lipinski definition) is 0. The quantitative estimate of drug-likeness (QED) is 0.641. The monoisotopic (exact) mass is 208 g/mol. The van der Waals surface area contributed by atoms with Gasteiger partial charge in [-0.05, 0) is 5.56 Å². The van der Waals surface area contributed by atoms with Gasteiger partial charge in [0.2, 0.25) is 0 Å². The van der Waals surface area contributed by atoms with Crippen LogP contribution in [0.3, 0.4) is 0 Å². The molecule has 1 unspecified atom stereocenters. The van der Waals surface area contributed by atoms with Crippen LogP contribution in [-0.2, 0) is 20.9 Å². The maximum atomic E-state index is 10.3. The number of rotatable bonds is 7. The Balaban J connectivity index is 2.23. The lowest BCUT2D eigenvalue weighted by molar-refractivity contribution is -0.111. The molecular formula is C12H16O3. The molecule has 1 aromatic rings. The van der Waals surface area contributed by atoms with Crippen molar-refractivity contribution in [2.75, 3.05) is 13.7 Å². The maximum Gasteiger partial charge on any atom is 0.122 e. The van der Waals surface area contributed by atoms with Gasteiger partial charge in [-0.1, -0.05) is 30.3 Å². The summed E-state index contributed by atoms with van der Waals surface area (Å²) in [6, 6.07) is 9.91. The van der Waals surface area contributed by atoms with Gasteiger partial charge in [0.15, 0.2) is 0 Å². The second-order valence-corrected chi connectivity index (χ2v) is 3.26. The van der Waals surface area contributed by atoms with E-state index in [0.717, 1.165) is 11.8 Å². The molecule has 0 saturated heterocycles. The Morgan fingerprint density at radius 1 is 1.33 bits per heavy atom. The summed E-state index contributed by atoms with van der Waals surface area (Å²) in [4.78, 5) is 10.3. The Hall–Kier alpha value is -1.19. The van der Waals surface area contributed by atoms with Crippen LogP contribution in [0.25, 0.3) is 0 Å². The van der Waals surface area contributed by atoms with Crippen LogP contribution in [0.2, 0.25) is 0 Å². The Labute approximate surface area is 90.0 Å². The molecule has 1 aromatic carbocycles. The second kappa shape index (κ2) is 7.15. The van der Waals surface area contributed by atoms with Crippen molar-refractivity contribution in [3.05, 3.63) is 35.9 Å². The molecule has 0 bridgehead atoms. The molecule has 1 rings (SSSR count). The fraction of sp³-hybridized carbons (Fsp3) is 0.417. The molecule has 3 heteroatoms. The second-order valence-electron chi connectivity index (χ2n) is 3.26. The third-order valence-electron chi connectivity index (χ3n) is 2.11. The van der Waals surface area contributed by atoms with Gasteiger partial charge in [0.25, 0.3) is 0 Å². The molecule has 0 aliphatic rings. The lowest BCUT2D eigenvalue weighted by atomic mass is 10.2. The molecule has 0 fully saturated rings. The zero-order chi connectivity index (χ0) is 10.9. The summed E-state index contributed by atoms with van der Waals surface area (Å²) in [5.41, 5.74) is 1.12. The average molecular weight is 208 g/mol. The highest BCUT2D eigenvalue weighted by Crippen LogP contribution is 2.02. The average Bonchev–Trinajstić information content (AvgIpc) is 2.29. The van der Waals surface area contributed by atoms with Crippen LogP contribution >= 0.6 is 0 Å². The van der Waals surface area contributed by atoms with E-state index >= 15 is 0 Å². The Bertz CT molecular complexity index is 271. The zero-order valence-electron chi connectivity index (χ0n) is 8.89. The molecule has 0 heterocycles. The number of carbonyl (C=O) groups excluding carboxylic acids is 1. The van der Waals surface area contributed by atoms with E-state index in [4.69, 9.17) is 9.47 Å². The predicted molar refractivity (Wildman–Crippen MR) is 57.6 cm³/mol. The number of methoxy groups -OCH3 is 1. The highest BCUT2D eigenvalue weighted by atomic mass is 16.5. The minimum Gasteiger partial charge on any atom is -0.379 e. The van der Waals surface area contributed by atoms with Gasteiger partial charge in [0, 0.05) is 13.5 Å². The van der Waals surface area contributed by atoms with Gasteiger partial charge >= 0.3 is 0 Å². The van der Waals surface area contributed by atoms with E-state index < -0.39 is 0 Å². The van der Waals surface area contributed by atoms with Crippen molar-refractivity contribution in [2.45, 2.75) is 19.1 Å². The number of aldehydes is 1. The van der Waals surface area contributed by atoms with E-state index in [-0.39, 0.29) is 6.10 Å². The van der Waals surface area contributed by atoms with Gasteiger partial charge < -0.3 is 14.3 Å². The molecule has 1 atom stereocenters. The molecule has 3 nitrogen and oxygen atoms in total. The summed E-state index contributed by atoms with van der Waals surface area (Å²) < 4.78 is 10.5. The molecule has 0 N–H and O–H groups in total. The Morgan fingerprint density at radius 3 is 2.67 bits per heavy atom.